The normalized spacial score (nSPS) is 11.8. The summed E-state index contributed by atoms with van der Waals surface area (Å²) in [5, 5.41) is 25.2. The van der Waals surface area contributed by atoms with E-state index < -0.39 is 21.9 Å². The number of halogens is 1. The van der Waals surface area contributed by atoms with Crippen LogP contribution < -0.4 is 44.7 Å². The van der Waals surface area contributed by atoms with Gasteiger partial charge in [0.05, 0.1) is 21.9 Å². The van der Waals surface area contributed by atoms with E-state index in [9.17, 15) is 23.4 Å². The Hall–Kier alpha value is -2.69. The zero-order valence-corrected chi connectivity index (χ0v) is 25.5. The van der Waals surface area contributed by atoms with Crippen LogP contribution >= 0.6 is 11.6 Å². The molecule has 10 heteroatoms. The number of ether oxygens (including phenoxy) is 1. The third-order valence-corrected chi connectivity index (χ3v) is 8.05. The first-order valence-corrected chi connectivity index (χ1v) is 14.2. The molecule has 202 valence electrons. The summed E-state index contributed by atoms with van der Waals surface area (Å²) in [6.07, 6.45) is 0.908. The summed E-state index contributed by atoms with van der Waals surface area (Å²) in [7, 11) is -3.79. The van der Waals surface area contributed by atoms with Crippen molar-refractivity contribution in [3.8, 4) is 11.5 Å². The van der Waals surface area contributed by atoms with Crippen LogP contribution in [0.4, 0.5) is 0 Å². The molecule has 4 rings (SSSR count). The average Bonchev–Trinajstić information content (AvgIpc) is 2.93. The van der Waals surface area contributed by atoms with Crippen LogP contribution in [0.3, 0.4) is 0 Å². The van der Waals surface area contributed by atoms with Gasteiger partial charge in [-0.25, -0.2) is 8.42 Å². The fourth-order valence-electron chi connectivity index (χ4n) is 3.99. The number of carbonyl (C=O) groups is 1. The standard InChI is InChI=1S/C30H28ClNO6S.Na/c31-24-8-1-6-22(17-24)29(33)20-32-16-4-5-21-12-14-27(15-13-21)39(36,37)28-11-3-10-26(19-28)38-25-9-2-7-23(18-25)30(34)35;/h1-3,6-15,17-19,29,32-33H,4-5,16,20H2,(H,34,35);/q;+1/p-1/t29-;/m0./s1. The van der Waals surface area contributed by atoms with Gasteiger partial charge < -0.3 is 25.1 Å². The quantitative estimate of drug-likeness (QED) is 0.191. The van der Waals surface area contributed by atoms with Crippen molar-refractivity contribution in [1.82, 2.24) is 5.32 Å². The molecule has 0 saturated heterocycles. The molecular weight excluding hydrogens is 561 g/mol. The molecule has 0 unspecified atom stereocenters. The molecule has 0 spiro atoms. The van der Waals surface area contributed by atoms with Crippen LogP contribution in [0, 0.1) is 0 Å². The first kappa shape index (κ1) is 31.8. The Balaban J connectivity index is 0.00000441. The van der Waals surface area contributed by atoms with E-state index in [1.54, 1.807) is 60.7 Å². The number of benzene rings is 4. The zero-order chi connectivity index (χ0) is 27.8. The third-order valence-electron chi connectivity index (χ3n) is 6.05. The van der Waals surface area contributed by atoms with E-state index in [2.05, 4.69) is 5.32 Å². The van der Waals surface area contributed by atoms with Gasteiger partial charge in [-0.15, -0.1) is 0 Å². The summed E-state index contributed by atoms with van der Waals surface area (Å²) in [6.45, 7) is 1.10. The molecular formula is C30H27ClNNaO6S. The fourth-order valence-corrected chi connectivity index (χ4v) is 5.48. The van der Waals surface area contributed by atoms with Crippen LogP contribution in [0.25, 0.3) is 0 Å². The van der Waals surface area contributed by atoms with E-state index in [-0.39, 0.29) is 56.4 Å². The smallest absolute Gasteiger partial charge is 0.545 e. The maximum Gasteiger partial charge on any atom is 1.00 e. The number of rotatable bonds is 12. The average molecular weight is 588 g/mol. The van der Waals surface area contributed by atoms with Gasteiger partial charge in [0.25, 0.3) is 0 Å². The molecule has 1 atom stereocenters. The predicted octanol–water partition coefficient (Wildman–Crippen LogP) is 1.59. The Labute approximate surface area is 261 Å². The molecule has 0 radical (unpaired) electrons. The molecule has 0 fully saturated rings. The van der Waals surface area contributed by atoms with E-state index in [1.807, 2.05) is 6.07 Å². The van der Waals surface area contributed by atoms with E-state index in [0.29, 0.717) is 18.1 Å². The molecule has 0 aromatic heterocycles. The second-order valence-electron chi connectivity index (χ2n) is 8.92. The van der Waals surface area contributed by atoms with Gasteiger partial charge in [-0.2, -0.15) is 0 Å². The van der Waals surface area contributed by atoms with E-state index in [4.69, 9.17) is 16.3 Å². The van der Waals surface area contributed by atoms with Crippen LogP contribution in [0.5, 0.6) is 11.5 Å². The van der Waals surface area contributed by atoms with Crippen molar-refractivity contribution in [3.05, 3.63) is 119 Å². The number of hydrogen-bond acceptors (Lipinski definition) is 7. The molecule has 40 heavy (non-hydrogen) atoms. The predicted molar refractivity (Wildman–Crippen MR) is 147 cm³/mol. The fraction of sp³-hybridized carbons (Fsp3) is 0.167. The molecule has 0 bridgehead atoms. The van der Waals surface area contributed by atoms with Gasteiger partial charge >= 0.3 is 29.6 Å². The first-order valence-electron chi connectivity index (χ1n) is 12.3. The third kappa shape index (κ3) is 8.65. The van der Waals surface area contributed by atoms with Crippen molar-refractivity contribution in [2.75, 3.05) is 13.1 Å². The first-order chi connectivity index (χ1) is 18.7. The Kier molecular flexibility index (Phi) is 11.8. The summed E-state index contributed by atoms with van der Waals surface area (Å²) in [6, 6.07) is 25.7. The van der Waals surface area contributed by atoms with Crippen LogP contribution in [0.1, 0.15) is 34.0 Å². The van der Waals surface area contributed by atoms with Crippen molar-refractivity contribution in [2.45, 2.75) is 28.7 Å². The van der Waals surface area contributed by atoms with Crippen molar-refractivity contribution >= 4 is 27.4 Å². The van der Waals surface area contributed by atoms with E-state index >= 15 is 0 Å². The maximum absolute atomic E-state index is 13.2. The molecule has 0 heterocycles. The van der Waals surface area contributed by atoms with E-state index in [0.717, 1.165) is 24.0 Å². The Morgan fingerprint density at radius 1 is 0.900 bits per heavy atom. The summed E-state index contributed by atoms with van der Waals surface area (Å²) >= 11 is 5.97. The van der Waals surface area contributed by atoms with Gasteiger partial charge in [-0.1, -0.05) is 54.1 Å². The molecule has 0 aliphatic carbocycles. The Morgan fingerprint density at radius 3 is 2.27 bits per heavy atom. The van der Waals surface area contributed by atoms with Gasteiger partial charge in [0.1, 0.15) is 11.5 Å². The molecule has 0 saturated carbocycles. The summed E-state index contributed by atoms with van der Waals surface area (Å²) in [5.74, 6) is -0.815. The molecule has 7 nitrogen and oxygen atoms in total. The summed E-state index contributed by atoms with van der Waals surface area (Å²) in [4.78, 5) is 11.3. The Bertz CT molecular complexity index is 1550. The van der Waals surface area contributed by atoms with Crippen LogP contribution in [-0.4, -0.2) is 32.6 Å². The minimum Gasteiger partial charge on any atom is -0.545 e. The van der Waals surface area contributed by atoms with Crippen molar-refractivity contribution in [2.24, 2.45) is 0 Å². The summed E-state index contributed by atoms with van der Waals surface area (Å²) < 4.78 is 32.1. The SMILES string of the molecule is O=C([O-])c1cccc(Oc2cccc(S(=O)(=O)c3ccc(CCCNC[C@H](O)c4cccc(Cl)c4)cc3)c2)c1.[Na+]. The molecule has 0 aliphatic rings. The number of aromatic carboxylic acids is 1. The number of sulfone groups is 1. The second-order valence-corrected chi connectivity index (χ2v) is 11.3. The van der Waals surface area contributed by atoms with Gasteiger partial charge in [-0.3, -0.25) is 0 Å². The van der Waals surface area contributed by atoms with Crippen molar-refractivity contribution < 1.29 is 57.7 Å². The summed E-state index contributed by atoms with van der Waals surface area (Å²) in [5.41, 5.74) is 1.71. The number of nitrogens with one attached hydrogen (secondary N) is 1. The number of aliphatic hydroxyl groups is 1. The van der Waals surface area contributed by atoms with Crippen LogP contribution in [0.15, 0.2) is 107 Å². The minimum absolute atomic E-state index is 0. The number of carboxylic acid groups (broad SMARTS) is 1. The zero-order valence-electron chi connectivity index (χ0n) is 21.9. The number of hydrogen-bond donors (Lipinski definition) is 2. The van der Waals surface area contributed by atoms with Gasteiger partial charge in [0.2, 0.25) is 9.84 Å². The molecule has 2 N–H and O–H groups in total. The van der Waals surface area contributed by atoms with Gasteiger partial charge in [-0.05, 0) is 85.1 Å². The maximum atomic E-state index is 13.2. The number of carbonyl (C=O) groups excluding carboxylic acids is 1. The topological polar surface area (TPSA) is 116 Å². The molecule has 4 aromatic rings. The van der Waals surface area contributed by atoms with Crippen molar-refractivity contribution in [3.63, 3.8) is 0 Å². The monoisotopic (exact) mass is 587 g/mol. The molecule has 0 aliphatic heterocycles. The number of aryl methyl sites for hydroxylation is 1. The number of carboxylic acids is 1. The second kappa shape index (κ2) is 14.8. The van der Waals surface area contributed by atoms with E-state index in [1.165, 1.54) is 30.3 Å². The van der Waals surface area contributed by atoms with Gasteiger partial charge in [0, 0.05) is 17.1 Å². The van der Waals surface area contributed by atoms with Crippen LogP contribution in [-0.2, 0) is 16.3 Å². The molecule has 0 amide bonds. The Morgan fingerprint density at radius 2 is 1.57 bits per heavy atom. The van der Waals surface area contributed by atoms with Gasteiger partial charge in [0.15, 0.2) is 0 Å². The minimum atomic E-state index is -3.79. The number of aliphatic hydroxyl groups excluding tert-OH is 1. The largest absolute Gasteiger partial charge is 1.00 e. The molecule has 4 aromatic carbocycles. The van der Waals surface area contributed by atoms with Crippen molar-refractivity contribution in [1.29, 1.82) is 0 Å². The van der Waals surface area contributed by atoms with Crippen LogP contribution in [0.2, 0.25) is 5.02 Å².